The molecule has 0 unspecified atom stereocenters. The molecule has 5 nitrogen and oxygen atoms in total. The molecular weight excluding hydrogens is 294 g/mol. The Bertz CT molecular complexity index is 693. The average molecular weight is 313 g/mol. The number of benzene rings is 2. The molecule has 0 saturated carbocycles. The smallest absolute Gasteiger partial charge is 0.311 e. The summed E-state index contributed by atoms with van der Waals surface area (Å²) >= 11 is 0. The van der Waals surface area contributed by atoms with E-state index < -0.39 is 0 Å². The van der Waals surface area contributed by atoms with Crippen LogP contribution in [0.4, 0.5) is 0 Å². The van der Waals surface area contributed by atoms with E-state index in [1.165, 1.54) is 6.07 Å². The topological polar surface area (TPSA) is 92.8 Å². The molecule has 0 fully saturated rings. The molecule has 0 atom stereocenters. The van der Waals surface area contributed by atoms with Gasteiger partial charge in [0.15, 0.2) is 0 Å². The summed E-state index contributed by atoms with van der Waals surface area (Å²) in [6, 6.07) is 11.3. The molecule has 23 heavy (non-hydrogen) atoms. The summed E-state index contributed by atoms with van der Waals surface area (Å²) in [7, 11) is 0. The van der Waals surface area contributed by atoms with Crippen LogP contribution in [0.2, 0.25) is 0 Å². The van der Waals surface area contributed by atoms with E-state index in [1.807, 2.05) is 6.08 Å². The summed E-state index contributed by atoms with van der Waals surface area (Å²) in [6.07, 6.45) is 4.41. The molecule has 4 N–H and O–H groups in total. The van der Waals surface area contributed by atoms with Crippen molar-refractivity contribution in [3.63, 3.8) is 0 Å². The molecular formula is C18H19NO4. The van der Waals surface area contributed by atoms with Gasteiger partial charge in [-0.1, -0.05) is 24.3 Å². The second-order valence-electron chi connectivity index (χ2n) is 5.05. The SMILES string of the molecule is NCCCC(=O)Oc1cc(O)cc(/C=C/c2ccc(O)cc2)c1. The zero-order valence-corrected chi connectivity index (χ0v) is 12.6. The molecule has 0 aliphatic heterocycles. The van der Waals surface area contributed by atoms with Crippen molar-refractivity contribution in [1.82, 2.24) is 0 Å². The van der Waals surface area contributed by atoms with Gasteiger partial charge < -0.3 is 20.7 Å². The van der Waals surface area contributed by atoms with Crippen molar-refractivity contribution in [1.29, 1.82) is 0 Å². The third kappa shape index (κ3) is 5.48. The van der Waals surface area contributed by atoms with Crippen molar-refractivity contribution in [2.24, 2.45) is 5.73 Å². The highest BCUT2D eigenvalue weighted by Crippen LogP contribution is 2.24. The molecule has 2 aromatic rings. The van der Waals surface area contributed by atoms with Crippen LogP contribution in [0.1, 0.15) is 24.0 Å². The maximum Gasteiger partial charge on any atom is 0.311 e. The number of aromatic hydroxyl groups is 2. The van der Waals surface area contributed by atoms with Crippen molar-refractivity contribution in [2.75, 3.05) is 6.54 Å². The van der Waals surface area contributed by atoms with Crippen LogP contribution in [0.15, 0.2) is 42.5 Å². The lowest BCUT2D eigenvalue weighted by Crippen LogP contribution is -2.10. The van der Waals surface area contributed by atoms with E-state index in [0.717, 1.165) is 5.56 Å². The van der Waals surface area contributed by atoms with Crippen molar-refractivity contribution < 1.29 is 19.7 Å². The maximum absolute atomic E-state index is 11.6. The summed E-state index contributed by atoms with van der Waals surface area (Å²) in [6.45, 7) is 0.426. The number of ether oxygens (including phenoxy) is 1. The molecule has 0 aromatic heterocycles. The lowest BCUT2D eigenvalue weighted by atomic mass is 10.1. The Kier molecular flexibility index (Phi) is 5.77. The first-order valence-electron chi connectivity index (χ1n) is 7.29. The van der Waals surface area contributed by atoms with E-state index in [0.29, 0.717) is 18.5 Å². The van der Waals surface area contributed by atoms with Gasteiger partial charge in [-0.25, -0.2) is 0 Å². The van der Waals surface area contributed by atoms with Crippen molar-refractivity contribution >= 4 is 18.1 Å². The number of phenolic OH excluding ortho intramolecular Hbond substituents is 2. The third-order valence-electron chi connectivity index (χ3n) is 3.09. The lowest BCUT2D eigenvalue weighted by Gasteiger charge is -2.06. The van der Waals surface area contributed by atoms with Crippen molar-refractivity contribution in [3.8, 4) is 17.2 Å². The second-order valence-corrected chi connectivity index (χ2v) is 5.05. The molecule has 120 valence electrons. The van der Waals surface area contributed by atoms with Gasteiger partial charge in [0.25, 0.3) is 0 Å². The Morgan fingerprint density at radius 1 is 1.00 bits per heavy atom. The summed E-state index contributed by atoms with van der Waals surface area (Å²) in [4.78, 5) is 11.6. The van der Waals surface area contributed by atoms with Gasteiger partial charge in [0.2, 0.25) is 0 Å². The maximum atomic E-state index is 11.6. The number of rotatable bonds is 6. The normalized spacial score (nSPS) is 10.8. The minimum Gasteiger partial charge on any atom is -0.508 e. The van der Waals surface area contributed by atoms with Crippen LogP contribution in [0.3, 0.4) is 0 Å². The number of esters is 1. The fraction of sp³-hybridized carbons (Fsp3) is 0.167. The minimum absolute atomic E-state index is 0.0134. The second kappa shape index (κ2) is 8.00. The van der Waals surface area contributed by atoms with Gasteiger partial charge in [0.05, 0.1) is 0 Å². The molecule has 0 radical (unpaired) electrons. The van der Waals surface area contributed by atoms with E-state index in [4.69, 9.17) is 10.5 Å². The highest BCUT2D eigenvalue weighted by Gasteiger charge is 2.06. The average Bonchev–Trinajstić information content (AvgIpc) is 2.52. The largest absolute Gasteiger partial charge is 0.508 e. The highest BCUT2D eigenvalue weighted by atomic mass is 16.5. The van der Waals surface area contributed by atoms with Crippen molar-refractivity contribution in [3.05, 3.63) is 53.6 Å². The molecule has 0 aliphatic carbocycles. The number of carbonyl (C=O) groups excluding carboxylic acids is 1. The number of hydrogen-bond acceptors (Lipinski definition) is 5. The number of hydrogen-bond donors (Lipinski definition) is 3. The molecule has 0 heterocycles. The Labute approximate surface area is 134 Å². The minimum atomic E-state index is -0.380. The van der Waals surface area contributed by atoms with E-state index >= 15 is 0 Å². The Morgan fingerprint density at radius 2 is 1.70 bits per heavy atom. The van der Waals surface area contributed by atoms with Gasteiger partial charge in [-0.15, -0.1) is 0 Å². The van der Waals surface area contributed by atoms with Gasteiger partial charge in [0, 0.05) is 12.5 Å². The molecule has 0 spiro atoms. The molecule has 2 aromatic carbocycles. The first-order valence-corrected chi connectivity index (χ1v) is 7.29. The standard InChI is InChI=1S/C18H19NO4/c19-9-1-2-18(22)23-17-11-14(10-16(21)12-17)4-3-13-5-7-15(20)8-6-13/h3-8,10-12,20-21H,1-2,9,19H2/b4-3+. The first kappa shape index (κ1) is 16.6. The van der Waals surface area contributed by atoms with Gasteiger partial charge in [-0.2, -0.15) is 0 Å². The van der Waals surface area contributed by atoms with Crippen LogP contribution in [0.5, 0.6) is 17.2 Å². The van der Waals surface area contributed by atoms with Crippen LogP contribution in [0, 0.1) is 0 Å². The molecule has 2 rings (SSSR count). The van der Waals surface area contributed by atoms with Crippen LogP contribution in [-0.2, 0) is 4.79 Å². The quantitative estimate of drug-likeness (QED) is 0.433. The number of phenols is 2. The summed E-state index contributed by atoms with van der Waals surface area (Å²) in [5.41, 5.74) is 6.94. The summed E-state index contributed by atoms with van der Waals surface area (Å²) in [5, 5.41) is 19.0. The van der Waals surface area contributed by atoms with E-state index in [-0.39, 0.29) is 29.6 Å². The monoisotopic (exact) mass is 313 g/mol. The fourth-order valence-electron chi connectivity index (χ4n) is 1.97. The number of carbonyl (C=O) groups is 1. The molecule has 0 bridgehead atoms. The number of nitrogens with two attached hydrogens (primary N) is 1. The third-order valence-corrected chi connectivity index (χ3v) is 3.09. The lowest BCUT2D eigenvalue weighted by molar-refractivity contribution is -0.134. The van der Waals surface area contributed by atoms with Gasteiger partial charge in [0.1, 0.15) is 17.2 Å². The molecule has 0 saturated heterocycles. The Balaban J connectivity index is 2.10. The van der Waals surface area contributed by atoms with Crippen LogP contribution in [0.25, 0.3) is 12.2 Å². The van der Waals surface area contributed by atoms with Crippen LogP contribution < -0.4 is 10.5 Å². The predicted molar refractivity (Wildman–Crippen MR) is 89.1 cm³/mol. The van der Waals surface area contributed by atoms with Gasteiger partial charge in [-0.3, -0.25) is 4.79 Å². The van der Waals surface area contributed by atoms with Crippen LogP contribution in [-0.4, -0.2) is 22.7 Å². The Hall–Kier alpha value is -2.79. The van der Waals surface area contributed by atoms with Crippen LogP contribution >= 0.6 is 0 Å². The Morgan fingerprint density at radius 3 is 2.39 bits per heavy atom. The molecule has 0 aliphatic rings. The molecule has 0 amide bonds. The summed E-state index contributed by atoms with van der Waals surface area (Å²) < 4.78 is 5.18. The van der Waals surface area contributed by atoms with Gasteiger partial charge in [-0.05, 0) is 48.4 Å². The summed E-state index contributed by atoms with van der Waals surface area (Å²) in [5.74, 6) is 0.123. The highest BCUT2D eigenvalue weighted by molar-refractivity contribution is 5.74. The van der Waals surface area contributed by atoms with Gasteiger partial charge >= 0.3 is 5.97 Å². The zero-order chi connectivity index (χ0) is 16.7. The zero-order valence-electron chi connectivity index (χ0n) is 12.6. The predicted octanol–water partition coefficient (Wildman–Crippen LogP) is 2.91. The molecule has 5 heteroatoms. The van der Waals surface area contributed by atoms with E-state index in [2.05, 4.69) is 0 Å². The van der Waals surface area contributed by atoms with Crippen molar-refractivity contribution in [2.45, 2.75) is 12.8 Å². The fourth-order valence-corrected chi connectivity index (χ4v) is 1.97. The first-order chi connectivity index (χ1) is 11.1. The van der Waals surface area contributed by atoms with E-state index in [1.54, 1.807) is 42.5 Å². The van der Waals surface area contributed by atoms with E-state index in [9.17, 15) is 15.0 Å².